The lowest BCUT2D eigenvalue weighted by molar-refractivity contribution is -0.128. The molecule has 5 nitrogen and oxygen atoms in total. The van der Waals surface area contributed by atoms with E-state index in [1.807, 2.05) is 18.2 Å². The maximum atomic E-state index is 13.3. The lowest BCUT2D eigenvalue weighted by atomic mass is 9.84. The topological polar surface area (TPSA) is 61.8 Å². The van der Waals surface area contributed by atoms with E-state index in [-0.39, 0.29) is 17.6 Å². The van der Waals surface area contributed by atoms with Gasteiger partial charge in [-0.3, -0.25) is 19.9 Å². The Morgan fingerprint density at radius 3 is 2.65 bits per heavy atom. The number of rotatable bonds is 1. The number of fused-ring (bicyclic) bond motifs is 2. The molecule has 0 fully saturated rings. The van der Waals surface area contributed by atoms with Gasteiger partial charge in [0.15, 0.2) is 0 Å². The molecular formula is C20H18FN3O2. The van der Waals surface area contributed by atoms with Crippen LogP contribution < -0.4 is 10.2 Å². The number of para-hydroxylation sites is 1. The van der Waals surface area contributed by atoms with Crippen molar-refractivity contribution in [2.45, 2.75) is 18.9 Å². The van der Waals surface area contributed by atoms with Crippen LogP contribution in [0.15, 0.2) is 53.5 Å². The Morgan fingerprint density at radius 2 is 1.92 bits per heavy atom. The molecule has 1 spiro atoms. The fraction of sp³-hybridized carbons (Fsp3) is 0.250. The minimum atomic E-state index is -1.04. The van der Waals surface area contributed by atoms with Crippen LogP contribution in [-0.2, 0) is 15.1 Å². The van der Waals surface area contributed by atoms with Crippen molar-refractivity contribution in [1.82, 2.24) is 5.32 Å². The number of anilines is 1. The molecule has 6 heteroatoms. The van der Waals surface area contributed by atoms with Crippen LogP contribution in [0, 0.1) is 5.82 Å². The molecule has 132 valence electrons. The monoisotopic (exact) mass is 351 g/mol. The van der Waals surface area contributed by atoms with Crippen LogP contribution in [0.5, 0.6) is 0 Å². The predicted molar refractivity (Wildman–Crippen MR) is 96.7 cm³/mol. The van der Waals surface area contributed by atoms with Gasteiger partial charge in [0.05, 0.1) is 12.2 Å². The molecule has 2 aromatic carbocycles. The molecule has 26 heavy (non-hydrogen) atoms. The molecule has 2 aromatic rings. The zero-order valence-electron chi connectivity index (χ0n) is 14.3. The fourth-order valence-electron chi connectivity index (χ4n) is 3.76. The number of carbonyl (C=O) groups is 2. The van der Waals surface area contributed by atoms with Gasteiger partial charge in [-0.2, -0.15) is 0 Å². The molecule has 0 bridgehead atoms. The predicted octanol–water partition coefficient (Wildman–Crippen LogP) is 2.40. The Bertz CT molecular complexity index is 923. The van der Waals surface area contributed by atoms with E-state index in [4.69, 9.17) is 0 Å². The van der Waals surface area contributed by atoms with E-state index in [2.05, 4.69) is 10.3 Å². The molecule has 1 N–H and O–H groups in total. The van der Waals surface area contributed by atoms with Crippen LogP contribution in [0.2, 0.25) is 0 Å². The van der Waals surface area contributed by atoms with Gasteiger partial charge in [-0.1, -0.05) is 30.3 Å². The van der Waals surface area contributed by atoms with Gasteiger partial charge in [0.2, 0.25) is 5.91 Å². The van der Waals surface area contributed by atoms with Crippen molar-refractivity contribution in [2.75, 3.05) is 18.0 Å². The molecular weight excluding hydrogens is 333 g/mol. The molecule has 0 aliphatic carbocycles. The summed E-state index contributed by atoms with van der Waals surface area (Å²) in [5, 5.41) is 3.33. The molecule has 1 unspecified atom stereocenters. The highest BCUT2D eigenvalue weighted by Crippen LogP contribution is 2.43. The number of aliphatic imine (C=N–C) groups is 1. The van der Waals surface area contributed by atoms with Crippen molar-refractivity contribution >= 4 is 23.2 Å². The summed E-state index contributed by atoms with van der Waals surface area (Å²) in [6.07, 6.45) is 0.304. The van der Waals surface area contributed by atoms with Gasteiger partial charge < -0.3 is 0 Å². The van der Waals surface area contributed by atoms with Gasteiger partial charge in [-0.25, -0.2) is 9.29 Å². The van der Waals surface area contributed by atoms with E-state index in [1.165, 1.54) is 24.0 Å². The largest absolute Gasteiger partial charge is 0.297 e. The van der Waals surface area contributed by atoms with Crippen molar-refractivity contribution in [3.63, 3.8) is 0 Å². The quantitative estimate of drug-likeness (QED) is 0.858. The van der Waals surface area contributed by atoms with Crippen molar-refractivity contribution in [1.29, 1.82) is 0 Å². The van der Waals surface area contributed by atoms with Crippen LogP contribution in [0.25, 0.3) is 0 Å². The van der Waals surface area contributed by atoms with Gasteiger partial charge in [-0.05, 0) is 23.8 Å². The Balaban J connectivity index is 1.82. The van der Waals surface area contributed by atoms with Gasteiger partial charge in [0.25, 0.3) is 5.91 Å². The number of hydrogen-bond donors (Lipinski definition) is 1. The Morgan fingerprint density at radius 1 is 1.19 bits per heavy atom. The maximum Gasteiger partial charge on any atom is 0.259 e. The van der Waals surface area contributed by atoms with E-state index in [1.54, 1.807) is 18.2 Å². The third-order valence-electron chi connectivity index (χ3n) is 4.94. The first-order chi connectivity index (χ1) is 12.5. The lowest BCUT2D eigenvalue weighted by Gasteiger charge is -2.28. The summed E-state index contributed by atoms with van der Waals surface area (Å²) in [6, 6.07) is 13.4. The van der Waals surface area contributed by atoms with Crippen molar-refractivity contribution < 1.29 is 14.0 Å². The molecule has 0 saturated heterocycles. The zero-order valence-corrected chi connectivity index (χ0v) is 14.3. The standard InChI is InChI=1S/C20H18FN3O2/c1-13(25)24-18-5-3-2-4-16(18)20(19(24)26)12-17(22-10-11-23-20)14-6-8-15(21)9-7-14/h2-9,23H,10-12H2,1H3. The minimum absolute atomic E-state index is 0.289. The molecule has 0 radical (unpaired) electrons. The number of nitrogens with one attached hydrogen (secondary N) is 1. The summed E-state index contributed by atoms with van der Waals surface area (Å²) >= 11 is 0. The normalized spacial score (nSPS) is 22.2. The van der Waals surface area contributed by atoms with Crippen molar-refractivity contribution in [2.24, 2.45) is 4.99 Å². The van der Waals surface area contributed by atoms with Gasteiger partial charge in [0, 0.05) is 31.2 Å². The van der Waals surface area contributed by atoms with E-state index >= 15 is 0 Å². The summed E-state index contributed by atoms with van der Waals surface area (Å²) in [4.78, 5) is 31.2. The SMILES string of the molecule is CC(=O)N1C(=O)C2(CC(c3ccc(F)cc3)=NCCN2)c2ccccc21. The lowest BCUT2D eigenvalue weighted by Crippen LogP contribution is -2.52. The molecule has 0 saturated carbocycles. The van der Waals surface area contributed by atoms with E-state index < -0.39 is 5.54 Å². The number of nitrogens with zero attached hydrogens (tertiary/aromatic N) is 2. The summed E-state index contributed by atoms with van der Waals surface area (Å²) < 4.78 is 13.3. The highest BCUT2D eigenvalue weighted by atomic mass is 19.1. The van der Waals surface area contributed by atoms with Gasteiger partial charge in [-0.15, -0.1) is 0 Å². The third kappa shape index (κ3) is 2.45. The Kier molecular flexibility index (Phi) is 3.92. The van der Waals surface area contributed by atoms with Crippen molar-refractivity contribution in [3.05, 3.63) is 65.5 Å². The maximum absolute atomic E-state index is 13.3. The second-order valence-electron chi connectivity index (χ2n) is 6.52. The second kappa shape index (κ2) is 6.14. The summed E-state index contributed by atoms with van der Waals surface area (Å²) in [5.41, 5.74) is 1.85. The van der Waals surface area contributed by atoms with Crippen LogP contribution >= 0.6 is 0 Å². The number of carbonyl (C=O) groups excluding carboxylic acids is 2. The van der Waals surface area contributed by atoms with Crippen LogP contribution in [0.4, 0.5) is 10.1 Å². The molecule has 2 aliphatic rings. The van der Waals surface area contributed by atoms with E-state index in [0.717, 1.165) is 16.8 Å². The van der Waals surface area contributed by atoms with E-state index in [0.29, 0.717) is 25.2 Å². The highest BCUT2D eigenvalue weighted by Gasteiger charge is 2.53. The first-order valence-electron chi connectivity index (χ1n) is 8.52. The molecule has 2 heterocycles. The van der Waals surface area contributed by atoms with Crippen LogP contribution in [0.3, 0.4) is 0 Å². The molecule has 0 aromatic heterocycles. The molecule has 4 rings (SSSR count). The number of amides is 2. The van der Waals surface area contributed by atoms with Crippen molar-refractivity contribution in [3.8, 4) is 0 Å². The van der Waals surface area contributed by atoms with Crippen LogP contribution in [0.1, 0.15) is 24.5 Å². The summed E-state index contributed by atoms with van der Waals surface area (Å²) in [7, 11) is 0. The zero-order chi connectivity index (χ0) is 18.3. The fourth-order valence-corrected chi connectivity index (χ4v) is 3.76. The Hall–Kier alpha value is -2.86. The summed E-state index contributed by atoms with van der Waals surface area (Å²) in [6.45, 7) is 2.40. The minimum Gasteiger partial charge on any atom is -0.297 e. The molecule has 2 aliphatic heterocycles. The van der Waals surface area contributed by atoms with Gasteiger partial charge >= 0.3 is 0 Å². The van der Waals surface area contributed by atoms with E-state index in [9.17, 15) is 14.0 Å². The smallest absolute Gasteiger partial charge is 0.259 e. The first kappa shape index (κ1) is 16.6. The van der Waals surface area contributed by atoms with Crippen LogP contribution in [-0.4, -0.2) is 30.6 Å². The number of halogens is 1. The number of hydrogen-bond acceptors (Lipinski definition) is 4. The third-order valence-corrected chi connectivity index (χ3v) is 4.94. The Labute approximate surface area is 150 Å². The number of imide groups is 1. The summed E-state index contributed by atoms with van der Waals surface area (Å²) in [5.74, 6) is -0.922. The first-order valence-corrected chi connectivity index (χ1v) is 8.52. The molecule has 1 atom stereocenters. The van der Waals surface area contributed by atoms with Gasteiger partial charge in [0.1, 0.15) is 11.4 Å². The highest BCUT2D eigenvalue weighted by molar-refractivity contribution is 6.23. The average Bonchev–Trinajstić information content (AvgIpc) is 2.77. The average molecular weight is 351 g/mol. The second-order valence-corrected chi connectivity index (χ2v) is 6.52. The molecule has 2 amide bonds. The number of benzene rings is 2.